The molecule has 1 aromatic rings. The lowest BCUT2D eigenvalue weighted by Gasteiger charge is -2.23. The summed E-state index contributed by atoms with van der Waals surface area (Å²) >= 11 is 0. The zero-order valence-corrected chi connectivity index (χ0v) is 11.2. The summed E-state index contributed by atoms with van der Waals surface area (Å²) in [5, 5.41) is 0. The van der Waals surface area contributed by atoms with Crippen molar-refractivity contribution in [1.29, 1.82) is 0 Å². The van der Waals surface area contributed by atoms with E-state index in [-0.39, 0.29) is 6.07 Å². The first-order valence-corrected chi connectivity index (χ1v) is 6.38. The Kier molecular flexibility index (Phi) is 4.11. The van der Waals surface area contributed by atoms with Crippen LogP contribution in [0.4, 0.5) is 39.5 Å². The maximum Gasteiger partial charge on any atom is 0.417 e. The van der Waals surface area contributed by atoms with Crippen molar-refractivity contribution in [2.24, 2.45) is 11.7 Å². The second-order valence-electron chi connectivity index (χ2n) is 5.34. The Morgan fingerprint density at radius 2 is 1.13 bits per heavy atom. The number of hydrogen-bond acceptors (Lipinski definition) is 1. The molecule has 1 nitrogen and oxygen atoms in total. The van der Waals surface area contributed by atoms with Gasteiger partial charge in [0.2, 0.25) is 0 Å². The van der Waals surface area contributed by atoms with Crippen molar-refractivity contribution in [3.8, 4) is 0 Å². The predicted octanol–water partition coefficient (Wildman–Crippen LogP) is 5.15. The average Bonchev–Trinajstić information content (AvgIpc) is 3.17. The molecule has 0 saturated heterocycles. The molecule has 1 fully saturated rings. The van der Waals surface area contributed by atoms with Crippen LogP contribution in [0, 0.1) is 5.92 Å². The van der Waals surface area contributed by atoms with Gasteiger partial charge in [0.25, 0.3) is 0 Å². The molecule has 1 saturated carbocycles. The van der Waals surface area contributed by atoms with Crippen LogP contribution in [-0.2, 0) is 18.5 Å². The van der Waals surface area contributed by atoms with Crippen LogP contribution < -0.4 is 5.73 Å². The number of alkyl halides is 9. The van der Waals surface area contributed by atoms with Gasteiger partial charge in [-0.05, 0) is 36.5 Å². The molecule has 1 aromatic carbocycles. The molecule has 0 bridgehead atoms. The molecule has 23 heavy (non-hydrogen) atoms. The van der Waals surface area contributed by atoms with Crippen molar-refractivity contribution in [2.75, 3.05) is 0 Å². The van der Waals surface area contributed by atoms with Crippen molar-refractivity contribution in [3.63, 3.8) is 0 Å². The summed E-state index contributed by atoms with van der Waals surface area (Å²) in [6.07, 6.45) is -15.4. The van der Waals surface area contributed by atoms with E-state index >= 15 is 0 Å². The van der Waals surface area contributed by atoms with Gasteiger partial charge >= 0.3 is 18.5 Å². The molecular weight excluding hydrogens is 341 g/mol. The molecule has 2 rings (SSSR count). The molecule has 0 aromatic heterocycles. The van der Waals surface area contributed by atoms with Crippen LogP contribution in [0.3, 0.4) is 0 Å². The van der Waals surface area contributed by atoms with Gasteiger partial charge < -0.3 is 5.73 Å². The molecule has 0 amide bonds. The first-order valence-electron chi connectivity index (χ1n) is 6.38. The summed E-state index contributed by atoms with van der Waals surface area (Å²) in [7, 11) is 0. The van der Waals surface area contributed by atoms with E-state index in [4.69, 9.17) is 5.73 Å². The second-order valence-corrected chi connectivity index (χ2v) is 5.34. The fraction of sp³-hybridized carbons (Fsp3) is 0.538. The van der Waals surface area contributed by atoms with Gasteiger partial charge in [-0.1, -0.05) is 0 Å². The van der Waals surface area contributed by atoms with Gasteiger partial charge in [-0.15, -0.1) is 0 Å². The zero-order valence-electron chi connectivity index (χ0n) is 11.2. The van der Waals surface area contributed by atoms with E-state index in [1.807, 2.05) is 0 Å². The third kappa shape index (κ3) is 3.73. The topological polar surface area (TPSA) is 26.0 Å². The summed E-state index contributed by atoms with van der Waals surface area (Å²) in [5.41, 5.74) is -1.75. The largest absolute Gasteiger partial charge is 0.417 e. The Bertz CT molecular complexity index is 593. The van der Waals surface area contributed by atoms with Crippen LogP contribution >= 0.6 is 0 Å². The van der Waals surface area contributed by atoms with Crippen LogP contribution in [0.2, 0.25) is 0 Å². The number of benzene rings is 1. The van der Waals surface area contributed by atoms with Gasteiger partial charge in [-0.3, -0.25) is 0 Å². The second kappa shape index (κ2) is 5.29. The van der Waals surface area contributed by atoms with E-state index in [1.54, 1.807) is 0 Å². The Hall–Kier alpha value is -1.45. The van der Waals surface area contributed by atoms with Crippen LogP contribution in [0.1, 0.15) is 41.1 Å². The molecule has 2 N–H and O–H groups in total. The fourth-order valence-electron chi connectivity index (χ4n) is 2.32. The Balaban J connectivity index is 2.75. The third-order valence-electron chi connectivity index (χ3n) is 3.59. The minimum Gasteiger partial charge on any atom is -0.324 e. The average molecular weight is 351 g/mol. The van der Waals surface area contributed by atoms with Crippen LogP contribution in [0.25, 0.3) is 0 Å². The molecular formula is C13H10F9N. The lowest BCUT2D eigenvalue weighted by atomic mass is 9.91. The quantitative estimate of drug-likeness (QED) is 0.733. The van der Waals surface area contributed by atoms with Crippen LogP contribution in [-0.4, -0.2) is 0 Å². The third-order valence-corrected chi connectivity index (χ3v) is 3.59. The maximum absolute atomic E-state index is 13.0. The number of hydrogen-bond donors (Lipinski definition) is 1. The van der Waals surface area contributed by atoms with E-state index in [0.717, 1.165) is 0 Å². The maximum atomic E-state index is 13.0. The van der Waals surface area contributed by atoms with E-state index in [9.17, 15) is 39.5 Å². The number of nitrogens with two attached hydrogens (primary N) is 1. The van der Waals surface area contributed by atoms with Gasteiger partial charge in [-0.25, -0.2) is 0 Å². The summed E-state index contributed by atoms with van der Waals surface area (Å²) in [6.45, 7) is 0. The summed E-state index contributed by atoms with van der Waals surface area (Å²) in [6, 6.07) is -2.01. The normalized spacial score (nSPS) is 18.2. The van der Waals surface area contributed by atoms with Crippen molar-refractivity contribution < 1.29 is 39.5 Å². The van der Waals surface area contributed by atoms with Crippen molar-refractivity contribution in [2.45, 2.75) is 37.4 Å². The predicted molar refractivity (Wildman–Crippen MR) is 61.1 cm³/mol. The first-order chi connectivity index (χ1) is 10.2. The van der Waals surface area contributed by atoms with Gasteiger partial charge in [0, 0.05) is 6.04 Å². The standard InChI is InChI=1S/C13H10F9N/c14-11(15,16)7-4-9(13(20,21)22)8(12(17,18)19)3-6(7)10(23)5-1-2-5/h3-5,10H,1-2,23H2. The molecule has 0 heterocycles. The zero-order chi connectivity index (χ0) is 17.8. The van der Waals surface area contributed by atoms with Gasteiger partial charge in [0.05, 0.1) is 16.7 Å². The molecule has 130 valence electrons. The summed E-state index contributed by atoms with van der Waals surface area (Å²) < 4.78 is 116. The smallest absolute Gasteiger partial charge is 0.324 e. The highest BCUT2D eigenvalue weighted by Crippen LogP contribution is 2.48. The highest BCUT2D eigenvalue weighted by molar-refractivity contribution is 5.44. The Morgan fingerprint density at radius 3 is 1.48 bits per heavy atom. The SMILES string of the molecule is NC(c1cc(C(F)(F)F)c(C(F)(F)F)cc1C(F)(F)F)C1CC1. The molecule has 0 spiro atoms. The highest BCUT2D eigenvalue weighted by atomic mass is 19.4. The monoisotopic (exact) mass is 351 g/mol. The molecule has 0 aliphatic heterocycles. The van der Waals surface area contributed by atoms with Gasteiger partial charge in [-0.2, -0.15) is 39.5 Å². The van der Waals surface area contributed by atoms with Crippen molar-refractivity contribution in [3.05, 3.63) is 34.4 Å². The fourth-order valence-corrected chi connectivity index (χ4v) is 2.32. The van der Waals surface area contributed by atoms with Gasteiger partial charge in [0.1, 0.15) is 0 Å². The molecule has 0 radical (unpaired) electrons. The minimum absolute atomic E-state index is 0.116. The van der Waals surface area contributed by atoms with Crippen molar-refractivity contribution >= 4 is 0 Å². The first kappa shape index (κ1) is 17.9. The van der Waals surface area contributed by atoms with E-state index in [0.29, 0.717) is 12.8 Å². The summed E-state index contributed by atoms with van der Waals surface area (Å²) in [5.74, 6) is -0.464. The van der Waals surface area contributed by atoms with Crippen LogP contribution in [0.5, 0.6) is 0 Å². The molecule has 1 unspecified atom stereocenters. The van der Waals surface area contributed by atoms with E-state index in [1.165, 1.54) is 0 Å². The molecule has 1 aliphatic rings. The molecule has 1 aliphatic carbocycles. The lowest BCUT2D eigenvalue weighted by molar-refractivity contribution is -0.163. The summed E-state index contributed by atoms with van der Waals surface area (Å²) in [4.78, 5) is 0. The lowest BCUT2D eigenvalue weighted by Crippen LogP contribution is -2.24. The van der Waals surface area contributed by atoms with Crippen LogP contribution in [0.15, 0.2) is 12.1 Å². The highest BCUT2D eigenvalue weighted by Gasteiger charge is 2.47. The Morgan fingerprint density at radius 1 is 0.739 bits per heavy atom. The van der Waals surface area contributed by atoms with Gasteiger partial charge in [0.15, 0.2) is 0 Å². The number of rotatable bonds is 2. The van der Waals surface area contributed by atoms with E-state index < -0.39 is 58.8 Å². The molecule has 1 atom stereocenters. The minimum atomic E-state index is -5.58. The Labute approximate surface area is 124 Å². The molecule has 10 heteroatoms. The number of halogens is 9. The van der Waals surface area contributed by atoms with Crippen molar-refractivity contribution in [1.82, 2.24) is 0 Å². The van der Waals surface area contributed by atoms with E-state index in [2.05, 4.69) is 0 Å².